The molecule has 2 heterocycles. The molecule has 0 bridgehead atoms. The molecule has 3 rings (SSSR count). The van der Waals surface area contributed by atoms with Crippen molar-refractivity contribution in [1.29, 1.82) is 0 Å². The van der Waals surface area contributed by atoms with Crippen molar-refractivity contribution in [3.8, 4) is 0 Å². The van der Waals surface area contributed by atoms with Gasteiger partial charge in [0, 0.05) is 22.6 Å². The highest BCUT2D eigenvalue weighted by atomic mass is 32.2. The van der Waals surface area contributed by atoms with E-state index in [1.807, 2.05) is 25.1 Å². The second kappa shape index (κ2) is 4.35. The summed E-state index contributed by atoms with van der Waals surface area (Å²) >= 11 is 0. The molecule has 0 saturated carbocycles. The lowest BCUT2D eigenvalue weighted by Crippen LogP contribution is -2.43. The van der Waals surface area contributed by atoms with Crippen molar-refractivity contribution in [2.45, 2.75) is 32.9 Å². The van der Waals surface area contributed by atoms with E-state index in [9.17, 15) is 8.42 Å². The van der Waals surface area contributed by atoms with Crippen molar-refractivity contribution in [2.24, 2.45) is 0 Å². The zero-order valence-electron chi connectivity index (χ0n) is 11.2. The standard InChI is InChI=1S/C14H18N2O2S/c1-3-19(17,18)16-9-14-12(8-10(16)2)11-6-4-5-7-13(11)15-14/h4-7,10,15H,3,8-9H2,1-2H3/t10-/m1/s1. The van der Waals surface area contributed by atoms with Crippen molar-refractivity contribution in [3.63, 3.8) is 0 Å². The summed E-state index contributed by atoms with van der Waals surface area (Å²) in [6, 6.07) is 8.18. The number of hydrogen-bond acceptors (Lipinski definition) is 2. The maximum absolute atomic E-state index is 12.1. The quantitative estimate of drug-likeness (QED) is 0.916. The molecule has 0 unspecified atom stereocenters. The molecule has 2 aromatic rings. The van der Waals surface area contributed by atoms with Crippen LogP contribution in [0.2, 0.25) is 0 Å². The Bertz CT molecular complexity index is 718. The van der Waals surface area contributed by atoms with E-state index in [4.69, 9.17) is 0 Å². The number of para-hydroxylation sites is 1. The molecule has 0 radical (unpaired) electrons. The number of sulfonamides is 1. The normalized spacial score (nSPS) is 20.6. The minimum absolute atomic E-state index is 0.0247. The van der Waals surface area contributed by atoms with Gasteiger partial charge in [0.15, 0.2) is 0 Å². The largest absolute Gasteiger partial charge is 0.357 e. The summed E-state index contributed by atoms with van der Waals surface area (Å²) in [5.41, 5.74) is 3.40. The van der Waals surface area contributed by atoms with Crippen LogP contribution in [0.1, 0.15) is 25.1 Å². The monoisotopic (exact) mass is 278 g/mol. The molecule has 102 valence electrons. The maximum atomic E-state index is 12.1. The minimum Gasteiger partial charge on any atom is -0.357 e. The van der Waals surface area contributed by atoms with E-state index in [0.717, 1.165) is 17.6 Å². The topological polar surface area (TPSA) is 53.2 Å². The first-order chi connectivity index (χ1) is 9.03. The van der Waals surface area contributed by atoms with Crippen LogP contribution in [0.4, 0.5) is 0 Å². The Kier molecular flexibility index (Phi) is 2.91. The summed E-state index contributed by atoms with van der Waals surface area (Å²) in [6.45, 7) is 4.14. The molecule has 1 aliphatic heterocycles. The minimum atomic E-state index is -3.14. The lowest BCUT2D eigenvalue weighted by molar-refractivity contribution is 0.308. The van der Waals surface area contributed by atoms with E-state index in [1.165, 1.54) is 10.9 Å². The van der Waals surface area contributed by atoms with E-state index in [-0.39, 0.29) is 11.8 Å². The predicted octanol–water partition coefficient (Wildman–Crippen LogP) is 2.26. The summed E-state index contributed by atoms with van der Waals surface area (Å²) in [5.74, 6) is 0.160. The van der Waals surface area contributed by atoms with Crippen molar-refractivity contribution < 1.29 is 8.42 Å². The first-order valence-corrected chi connectivity index (χ1v) is 8.22. The van der Waals surface area contributed by atoms with Crippen LogP contribution in [0.3, 0.4) is 0 Å². The van der Waals surface area contributed by atoms with Gasteiger partial charge in [-0.05, 0) is 31.9 Å². The predicted molar refractivity (Wildman–Crippen MR) is 76.5 cm³/mol. The van der Waals surface area contributed by atoms with Crippen molar-refractivity contribution >= 4 is 20.9 Å². The highest BCUT2D eigenvalue weighted by molar-refractivity contribution is 7.89. The van der Waals surface area contributed by atoms with Gasteiger partial charge >= 0.3 is 0 Å². The second-order valence-electron chi connectivity index (χ2n) is 5.13. The van der Waals surface area contributed by atoms with Gasteiger partial charge in [-0.1, -0.05) is 18.2 Å². The third-order valence-corrected chi connectivity index (χ3v) is 5.86. The maximum Gasteiger partial charge on any atom is 0.214 e. The molecule has 0 amide bonds. The molecule has 1 aromatic carbocycles. The van der Waals surface area contributed by atoms with E-state index in [1.54, 1.807) is 11.2 Å². The van der Waals surface area contributed by atoms with Crippen LogP contribution in [-0.4, -0.2) is 29.5 Å². The van der Waals surface area contributed by atoms with Crippen molar-refractivity contribution in [2.75, 3.05) is 5.75 Å². The van der Waals surface area contributed by atoms with Gasteiger partial charge in [0.25, 0.3) is 0 Å². The Morgan fingerprint density at radius 2 is 2.11 bits per heavy atom. The van der Waals surface area contributed by atoms with Gasteiger partial charge in [0.2, 0.25) is 10.0 Å². The van der Waals surface area contributed by atoms with Crippen molar-refractivity contribution in [1.82, 2.24) is 9.29 Å². The molecule has 19 heavy (non-hydrogen) atoms. The first kappa shape index (κ1) is 12.7. The number of rotatable bonds is 2. The number of H-pyrrole nitrogens is 1. The second-order valence-corrected chi connectivity index (χ2v) is 7.34. The lowest BCUT2D eigenvalue weighted by Gasteiger charge is -2.32. The molecule has 0 aliphatic carbocycles. The van der Waals surface area contributed by atoms with Gasteiger partial charge in [-0.3, -0.25) is 0 Å². The van der Waals surface area contributed by atoms with Gasteiger partial charge in [0.05, 0.1) is 12.3 Å². The highest BCUT2D eigenvalue weighted by Crippen LogP contribution is 2.31. The molecule has 1 aliphatic rings. The van der Waals surface area contributed by atoms with E-state index < -0.39 is 10.0 Å². The van der Waals surface area contributed by atoms with Crippen LogP contribution in [-0.2, 0) is 23.0 Å². The van der Waals surface area contributed by atoms with Gasteiger partial charge < -0.3 is 4.98 Å². The first-order valence-electron chi connectivity index (χ1n) is 6.61. The van der Waals surface area contributed by atoms with Gasteiger partial charge in [-0.25, -0.2) is 8.42 Å². The van der Waals surface area contributed by atoms with Gasteiger partial charge in [-0.2, -0.15) is 4.31 Å². The van der Waals surface area contributed by atoms with Crippen molar-refractivity contribution in [3.05, 3.63) is 35.5 Å². The molecule has 0 spiro atoms. The molecule has 1 atom stereocenters. The van der Waals surface area contributed by atoms with Gasteiger partial charge in [-0.15, -0.1) is 0 Å². The molecule has 0 fully saturated rings. The summed E-state index contributed by atoms with van der Waals surface area (Å²) in [4.78, 5) is 3.36. The van der Waals surface area contributed by atoms with E-state index >= 15 is 0 Å². The SMILES string of the molecule is CCS(=O)(=O)N1Cc2[nH]c3ccccc3c2C[C@H]1C. The smallest absolute Gasteiger partial charge is 0.214 e. The molecule has 5 heteroatoms. The summed E-state index contributed by atoms with van der Waals surface area (Å²) in [6.07, 6.45) is 0.776. The number of hydrogen-bond donors (Lipinski definition) is 1. The van der Waals surface area contributed by atoms with Crippen LogP contribution in [0.5, 0.6) is 0 Å². The van der Waals surface area contributed by atoms with Gasteiger partial charge in [0.1, 0.15) is 0 Å². The molecular formula is C14H18N2O2S. The Morgan fingerprint density at radius 3 is 2.84 bits per heavy atom. The van der Waals surface area contributed by atoms with Crippen LogP contribution < -0.4 is 0 Å². The fourth-order valence-electron chi connectivity index (χ4n) is 2.87. The van der Waals surface area contributed by atoms with E-state index in [2.05, 4.69) is 11.1 Å². The molecule has 0 saturated heterocycles. The Labute approximate surface area is 113 Å². The third-order valence-electron chi connectivity index (χ3n) is 3.93. The Morgan fingerprint density at radius 1 is 1.37 bits per heavy atom. The van der Waals surface area contributed by atoms with E-state index in [0.29, 0.717) is 6.54 Å². The average Bonchev–Trinajstić information content (AvgIpc) is 2.75. The summed E-state index contributed by atoms with van der Waals surface area (Å²) < 4.78 is 25.8. The van der Waals surface area contributed by atoms with Crippen LogP contribution >= 0.6 is 0 Å². The Hall–Kier alpha value is -1.33. The summed E-state index contributed by atoms with van der Waals surface area (Å²) in [5, 5.41) is 1.22. The molecule has 1 N–H and O–H groups in total. The third kappa shape index (κ3) is 1.97. The molecule has 4 nitrogen and oxygen atoms in total. The molecular weight excluding hydrogens is 260 g/mol. The number of nitrogens with one attached hydrogen (secondary N) is 1. The number of aromatic amines is 1. The fraction of sp³-hybridized carbons (Fsp3) is 0.429. The number of nitrogens with zero attached hydrogens (tertiary/aromatic N) is 1. The lowest BCUT2D eigenvalue weighted by atomic mass is 10.00. The zero-order chi connectivity index (χ0) is 13.6. The van der Waals surface area contributed by atoms with Crippen LogP contribution in [0.25, 0.3) is 10.9 Å². The van der Waals surface area contributed by atoms with Crippen LogP contribution in [0, 0.1) is 0 Å². The summed E-state index contributed by atoms with van der Waals surface area (Å²) in [7, 11) is -3.14. The number of aromatic nitrogens is 1. The zero-order valence-corrected chi connectivity index (χ0v) is 12.0. The van der Waals surface area contributed by atoms with Crippen LogP contribution in [0.15, 0.2) is 24.3 Å². The number of fused-ring (bicyclic) bond motifs is 3. The highest BCUT2D eigenvalue weighted by Gasteiger charge is 2.32. The Balaban J connectivity index is 2.09. The fourth-order valence-corrected chi connectivity index (χ4v) is 4.15. The molecule has 1 aromatic heterocycles. The average molecular weight is 278 g/mol. The number of benzene rings is 1.